The Kier molecular flexibility index (Phi) is 3.16. The summed E-state index contributed by atoms with van der Waals surface area (Å²) in [7, 11) is 0. The molecule has 0 amide bonds. The number of aromatic nitrogens is 3. The van der Waals surface area contributed by atoms with Gasteiger partial charge < -0.3 is 10.1 Å². The standard InChI is InChI=1S/C18H14N4O/c23-18-14(13-8-4-5-9-15(13)20-18)11-19-17-10-16(21-22-17)12-6-2-1-3-7-12/h1-11,20,23H,(H,21,22). The van der Waals surface area contributed by atoms with E-state index < -0.39 is 0 Å². The highest BCUT2D eigenvalue weighted by atomic mass is 16.3. The molecule has 4 aromatic rings. The fourth-order valence-corrected chi connectivity index (χ4v) is 2.55. The number of rotatable bonds is 3. The van der Waals surface area contributed by atoms with E-state index in [0.717, 1.165) is 22.2 Å². The van der Waals surface area contributed by atoms with Crippen molar-refractivity contribution < 1.29 is 5.11 Å². The van der Waals surface area contributed by atoms with E-state index in [0.29, 0.717) is 11.4 Å². The van der Waals surface area contributed by atoms with E-state index in [2.05, 4.69) is 20.2 Å². The van der Waals surface area contributed by atoms with Gasteiger partial charge in [-0.15, -0.1) is 0 Å². The zero-order valence-corrected chi connectivity index (χ0v) is 12.2. The molecule has 0 atom stereocenters. The number of hydrogen-bond acceptors (Lipinski definition) is 3. The Balaban J connectivity index is 1.66. The maximum absolute atomic E-state index is 10.0. The smallest absolute Gasteiger partial charge is 0.198 e. The molecule has 2 heterocycles. The fourth-order valence-electron chi connectivity index (χ4n) is 2.55. The van der Waals surface area contributed by atoms with Gasteiger partial charge >= 0.3 is 0 Å². The van der Waals surface area contributed by atoms with Crippen LogP contribution >= 0.6 is 0 Å². The summed E-state index contributed by atoms with van der Waals surface area (Å²) in [5.74, 6) is 0.669. The summed E-state index contributed by atoms with van der Waals surface area (Å²) in [4.78, 5) is 7.29. The second-order valence-electron chi connectivity index (χ2n) is 5.20. The Bertz CT molecular complexity index is 983. The molecule has 0 spiro atoms. The van der Waals surface area contributed by atoms with E-state index in [1.165, 1.54) is 0 Å². The summed E-state index contributed by atoms with van der Waals surface area (Å²) in [6, 6.07) is 19.5. The van der Waals surface area contributed by atoms with Crippen LogP contribution in [-0.2, 0) is 0 Å². The van der Waals surface area contributed by atoms with Gasteiger partial charge in [0.2, 0.25) is 0 Å². The summed E-state index contributed by atoms with van der Waals surface area (Å²) < 4.78 is 0. The first-order chi connectivity index (χ1) is 11.3. The van der Waals surface area contributed by atoms with Crippen molar-refractivity contribution in [3.8, 4) is 17.1 Å². The summed E-state index contributed by atoms with van der Waals surface area (Å²) in [6.45, 7) is 0. The number of nitrogens with zero attached hydrogens (tertiary/aromatic N) is 2. The zero-order chi connectivity index (χ0) is 15.6. The molecule has 0 aliphatic carbocycles. The Morgan fingerprint density at radius 2 is 1.78 bits per heavy atom. The number of H-pyrrole nitrogens is 2. The molecule has 0 aliphatic heterocycles. The Labute approximate surface area is 132 Å². The van der Waals surface area contributed by atoms with Crippen LogP contribution in [0.2, 0.25) is 0 Å². The van der Waals surface area contributed by atoms with Crippen LogP contribution < -0.4 is 0 Å². The van der Waals surface area contributed by atoms with E-state index in [-0.39, 0.29) is 5.88 Å². The molecule has 0 bridgehead atoms. The van der Waals surface area contributed by atoms with Crippen LogP contribution in [0.3, 0.4) is 0 Å². The van der Waals surface area contributed by atoms with Gasteiger partial charge in [0.15, 0.2) is 11.7 Å². The Morgan fingerprint density at radius 3 is 2.65 bits per heavy atom. The first-order valence-corrected chi connectivity index (χ1v) is 7.26. The van der Waals surface area contributed by atoms with Crippen LogP contribution in [0.5, 0.6) is 5.88 Å². The third-order valence-corrected chi connectivity index (χ3v) is 3.70. The van der Waals surface area contributed by atoms with E-state index >= 15 is 0 Å². The highest BCUT2D eigenvalue weighted by Crippen LogP contribution is 2.26. The van der Waals surface area contributed by atoms with Crippen molar-refractivity contribution in [1.29, 1.82) is 0 Å². The van der Waals surface area contributed by atoms with Crippen molar-refractivity contribution >= 4 is 22.9 Å². The molecule has 0 radical (unpaired) electrons. The van der Waals surface area contributed by atoms with Crippen molar-refractivity contribution in [2.75, 3.05) is 0 Å². The number of hydrogen-bond donors (Lipinski definition) is 3. The quantitative estimate of drug-likeness (QED) is 0.500. The summed E-state index contributed by atoms with van der Waals surface area (Å²) in [5, 5.41) is 18.1. The molecule has 0 saturated carbocycles. The second kappa shape index (κ2) is 5.46. The Morgan fingerprint density at radius 1 is 1.00 bits per heavy atom. The zero-order valence-electron chi connectivity index (χ0n) is 12.2. The highest BCUT2D eigenvalue weighted by molar-refractivity contribution is 6.02. The molecule has 2 aromatic carbocycles. The number of nitrogens with one attached hydrogen (secondary N) is 2. The molecular weight excluding hydrogens is 288 g/mol. The molecule has 0 saturated heterocycles. The van der Waals surface area contributed by atoms with Gasteiger partial charge in [0.05, 0.1) is 11.3 Å². The number of aromatic hydroxyl groups is 1. The first-order valence-electron chi connectivity index (χ1n) is 7.26. The fraction of sp³-hybridized carbons (Fsp3) is 0. The monoisotopic (exact) mass is 302 g/mol. The van der Waals surface area contributed by atoms with Crippen molar-refractivity contribution in [2.45, 2.75) is 0 Å². The predicted molar refractivity (Wildman–Crippen MR) is 91.2 cm³/mol. The van der Waals surface area contributed by atoms with Crippen LogP contribution in [-0.4, -0.2) is 26.5 Å². The molecule has 3 N–H and O–H groups in total. The van der Waals surface area contributed by atoms with Crippen LogP contribution in [0.1, 0.15) is 5.56 Å². The molecule has 23 heavy (non-hydrogen) atoms. The molecule has 0 aliphatic rings. The minimum absolute atomic E-state index is 0.105. The summed E-state index contributed by atoms with van der Waals surface area (Å²) >= 11 is 0. The number of aliphatic imine (C=N–C) groups is 1. The highest BCUT2D eigenvalue weighted by Gasteiger charge is 2.08. The van der Waals surface area contributed by atoms with Crippen molar-refractivity contribution in [2.24, 2.45) is 4.99 Å². The van der Waals surface area contributed by atoms with Gasteiger partial charge in [0, 0.05) is 23.2 Å². The third kappa shape index (κ3) is 2.48. The topological polar surface area (TPSA) is 77.1 Å². The van der Waals surface area contributed by atoms with Crippen LogP contribution in [0.4, 0.5) is 5.82 Å². The van der Waals surface area contributed by atoms with Gasteiger partial charge in [-0.05, 0) is 11.6 Å². The number of aromatic amines is 2. The van der Waals surface area contributed by atoms with Crippen LogP contribution in [0.25, 0.3) is 22.2 Å². The van der Waals surface area contributed by atoms with Crippen molar-refractivity contribution in [3.63, 3.8) is 0 Å². The minimum Gasteiger partial charge on any atom is -0.494 e. The lowest BCUT2D eigenvalue weighted by Crippen LogP contribution is -1.78. The molecule has 5 heteroatoms. The van der Waals surface area contributed by atoms with Gasteiger partial charge in [0.25, 0.3) is 0 Å². The third-order valence-electron chi connectivity index (χ3n) is 3.70. The van der Waals surface area contributed by atoms with E-state index in [4.69, 9.17) is 0 Å². The average Bonchev–Trinajstić information content (AvgIpc) is 3.18. The minimum atomic E-state index is 0.105. The number of para-hydroxylation sites is 1. The van der Waals surface area contributed by atoms with E-state index in [1.54, 1.807) is 6.21 Å². The SMILES string of the molecule is Oc1[nH]c2ccccc2c1C=Nc1cc(-c2ccccc2)[nH]n1. The van der Waals surface area contributed by atoms with Gasteiger partial charge in [-0.3, -0.25) is 5.10 Å². The lowest BCUT2D eigenvalue weighted by atomic mass is 10.1. The molecular formula is C18H14N4O. The van der Waals surface area contributed by atoms with Gasteiger partial charge in [-0.25, -0.2) is 4.99 Å². The maximum Gasteiger partial charge on any atom is 0.198 e. The molecule has 0 unspecified atom stereocenters. The van der Waals surface area contributed by atoms with Crippen LogP contribution in [0, 0.1) is 0 Å². The Hall–Kier alpha value is -3.34. The van der Waals surface area contributed by atoms with Crippen molar-refractivity contribution in [3.05, 3.63) is 66.2 Å². The summed E-state index contributed by atoms with van der Waals surface area (Å²) in [5.41, 5.74) is 3.49. The summed E-state index contributed by atoms with van der Waals surface area (Å²) in [6.07, 6.45) is 1.62. The molecule has 0 fully saturated rings. The predicted octanol–water partition coefficient (Wildman–Crippen LogP) is 4.01. The molecule has 112 valence electrons. The molecule has 4 rings (SSSR count). The van der Waals surface area contributed by atoms with Gasteiger partial charge in [0.1, 0.15) is 0 Å². The first kappa shape index (κ1) is 13.3. The van der Waals surface area contributed by atoms with Gasteiger partial charge in [-0.2, -0.15) is 5.10 Å². The van der Waals surface area contributed by atoms with Crippen molar-refractivity contribution in [1.82, 2.24) is 15.2 Å². The lowest BCUT2D eigenvalue weighted by Gasteiger charge is -1.93. The molecule has 2 aromatic heterocycles. The average molecular weight is 302 g/mol. The van der Waals surface area contributed by atoms with E-state index in [1.807, 2.05) is 60.7 Å². The molecule has 5 nitrogen and oxygen atoms in total. The number of benzene rings is 2. The van der Waals surface area contributed by atoms with Crippen LogP contribution in [0.15, 0.2) is 65.7 Å². The van der Waals surface area contributed by atoms with E-state index in [9.17, 15) is 5.11 Å². The lowest BCUT2D eigenvalue weighted by molar-refractivity contribution is 0.457. The van der Waals surface area contributed by atoms with Gasteiger partial charge in [-0.1, -0.05) is 48.5 Å². The second-order valence-corrected chi connectivity index (χ2v) is 5.20. The largest absolute Gasteiger partial charge is 0.494 e. The normalized spacial score (nSPS) is 11.5. The number of fused-ring (bicyclic) bond motifs is 1. The maximum atomic E-state index is 10.0.